The number of hydrogen-bond donors (Lipinski definition) is 2. The molecule has 106 valence electrons. The number of para-hydroxylation sites is 1. The first kappa shape index (κ1) is 15.4. The van der Waals surface area contributed by atoms with E-state index in [1.54, 1.807) is 25.1 Å². The number of halogens is 2. The second-order valence-corrected chi connectivity index (χ2v) is 4.15. The van der Waals surface area contributed by atoms with Crippen molar-refractivity contribution < 1.29 is 23.4 Å². The van der Waals surface area contributed by atoms with E-state index in [9.17, 15) is 13.6 Å². The van der Waals surface area contributed by atoms with Gasteiger partial charge in [0.1, 0.15) is 5.75 Å². The van der Waals surface area contributed by atoms with Gasteiger partial charge in [-0.3, -0.25) is 4.79 Å². The summed E-state index contributed by atoms with van der Waals surface area (Å²) < 4.78 is 28.7. The highest BCUT2D eigenvalue weighted by Gasteiger charge is 2.10. The van der Waals surface area contributed by atoms with Gasteiger partial charge >= 0.3 is 6.61 Å². The monoisotopic (exact) mass is 273 g/mol. The van der Waals surface area contributed by atoms with Gasteiger partial charge in [-0.25, -0.2) is 0 Å². The van der Waals surface area contributed by atoms with Crippen molar-refractivity contribution in [2.45, 2.75) is 39.0 Å². The van der Waals surface area contributed by atoms with Gasteiger partial charge in [0.15, 0.2) is 0 Å². The molecule has 0 spiro atoms. The maximum absolute atomic E-state index is 12.2. The summed E-state index contributed by atoms with van der Waals surface area (Å²) in [6, 6.07) is 6.28. The van der Waals surface area contributed by atoms with Crippen LogP contribution in [-0.2, 0) is 11.3 Å². The van der Waals surface area contributed by atoms with Crippen LogP contribution < -0.4 is 10.1 Å². The van der Waals surface area contributed by atoms with E-state index in [1.165, 1.54) is 6.07 Å². The van der Waals surface area contributed by atoms with E-state index in [-0.39, 0.29) is 24.6 Å². The number of carbonyl (C=O) groups is 1. The van der Waals surface area contributed by atoms with Gasteiger partial charge in [-0.1, -0.05) is 18.2 Å². The summed E-state index contributed by atoms with van der Waals surface area (Å²) in [5.41, 5.74) is 0.480. The third kappa shape index (κ3) is 6.15. The smallest absolute Gasteiger partial charge is 0.387 e. The second kappa shape index (κ2) is 7.68. The highest BCUT2D eigenvalue weighted by Crippen LogP contribution is 2.19. The Morgan fingerprint density at radius 3 is 2.74 bits per heavy atom. The zero-order valence-corrected chi connectivity index (χ0v) is 10.6. The predicted molar refractivity (Wildman–Crippen MR) is 65.8 cm³/mol. The molecule has 0 radical (unpaired) electrons. The number of alkyl halides is 2. The summed E-state index contributed by atoms with van der Waals surface area (Å²) in [4.78, 5) is 11.4. The summed E-state index contributed by atoms with van der Waals surface area (Å²) in [6.07, 6.45) is 0.0107. The maximum Gasteiger partial charge on any atom is 0.387 e. The topological polar surface area (TPSA) is 58.6 Å². The van der Waals surface area contributed by atoms with Crippen molar-refractivity contribution in [3.63, 3.8) is 0 Å². The molecule has 1 atom stereocenters. The molecular weight excluding hydrogens is 256 g/mol. The van der Waals surface area contributed by atoms with Gasteiger partial charge in [0.25, 0.3) is 0 Å². The van der Waals surface area contributed by atoms with Crippen LogP contribution in [0.2, 0.25) is 0 Å². The Kier molecular flexibility index (Phi) is 6.21. The summed E-state index contributed by atoms with van der Waals surface area (Å²) in [5, 5.41) is 11.6. The van der Waals surface area contributed by atoms with Crippen LogP contribution in [0.25, 0.3) is 0 Å². The minimum absolute atomic E-state index is 0.0494. The fourth-order valence-electron chi connectivity index (χ4n) is 1.48. The van der Waals surface area contributed by atoms with Gasteiger partial charge in [-0.05, 0) is 19.4 Å². The first-order chi connectivity index (χ1) is 8.99. The number of aliphatic hydroxyl groups is 1. The zero-order valence-electron chi connectivity index (χ0n) is 10.6. The van der Waals surface area contributed by atoms with Crippen LogP contribution in [0.1, 0.15) is 25.3 Å². The van der Waals surface area contributed by atoms with E-state index in [0.717, 1.165) is 0 Å². The molecule has 0 fully saturated rings. The Hall–Kier alpha value is -1.69. The standard InChI is InChI=1S/C13H17F2NO3/c1-9(17)6-7-12(18)16-8-10-4-2-3-5-11(10)19-13(14)15/h2-5,9,13,17H,6-8H2,1H3,(H,16,18). The van der Waals surface area contributed by atoms with E-state index in [2.05, 4.69) is 10.1 Å². The average Bonchev–Trinajstić information content (AvgIpc) is 2.34. The lowest BCUT2D eigenvalue weighted by atomic mass is 10.2. The second-order valence-electron chi connectivity index (χ2n) is 4.15. The van der Waals surface area contributed by atoms with Crippen LogP contribution in [0, 0.1) is 0 Å². The molecule has 19 heavy (non-hydrogen) atoms. The Bertz CT molecular complexity index is 411. The van der Waals surface area contributed by atoms with E-state index in [1.807, 2.05) is 0 Å². The number of nitrogens with one attached hydrogen (secondary N) is 1. The predicted octanol–water partition coefficient (Wildman–Crippen LogP) is 2.07. The van der Waals surface area contributed by atoms with Gasteiger partial charge < -0.3 is 15.2 Å². The van der Waals surface area contributed by atoms with Gasteiger partial charge in [-0.15, -0.1) is 0 Å². The van der Waals surface area contributed by atoms with E-state index < -0.39 is 12.7 Å². The van der Waals surface area contributed by atoms with Crippen LogP contribution in [-0.4, -0.2) is 23.7 Å². The molecular formula is C13H17F2NO3. The third-order valence-electron chi connectivity index (χ3n) is 2.45. The summed E-state index contributed by atoms with van der Waals surface area (Å²) in [5.74, 6) is -0.193. The van der Waals surface area contributed by atoms with Crippen LogP contribution in [0.5, 0.6) is 5.75 Å². The van der Waals surface area contributed by atoms with Gasteiger partial charge in [0.2, 0.25) is 5.91 Å². The van der Waals surface area contributed by atoms with Crippen molar-refractivity contribution in [2.75, 3.05) is 0 Å². The molecule has 1 aromatic carbocycles. The van der Waals surface area contributed by atoms with Crippen molar-refractivity contribution in [3.8, 4) is 5.75 Å². The van der Waals surface area contributed by atoms with Crippen molar-refractivity contribution in [2.24, 2.45) is 0 Å². The molecule has 0 heterocycles. The molecule has 1 rings (SSSR count). The minimum Gasteiger partial charge on any atom is -0.434 e. The lowest BCUT2D eigenvalue weighted by Gasteiger charge is -2.11. The number of rotatable bonds is 7. The lowest BCUT2D eigenvalue weighted by molar-refractivity contribution is -0.121. The fourth-order valence-corrected chi connectivity index (χ4v) is 1.48. The number of carbonyl (C=O) groups excluding carboxylic acids is 1. The van der Waals surface area contributed by atoms with E-state index in [0.29, 0.717) is 12.0 Å². The summed E-state index contributed by atoms with van der Waals surface area (Å²) in [6.45, 7) is -1.19. The first-order valence-corrected chi connectivity index (χ1v) is 5.96. The van der Waals surface area contributed by atoms with Crippen LogP contribution in [0.4, 0.5) is 8.78 Å². The number of benzene rings is 1. The molecule has 0 aliphatic heterocycles. The van der Waals surface area contributed by atoms with E-state index in [4.69, 9.17) is 5.11 Å². The molecule has 1 aromatic rings. The largest absolute Gasteiger partial charge is 0.434 e. The molecule has 1 unspecified atom stereocenters. The molecule has 0 saturated heterocycles. The zero-order chi connectivity index (χ0) is 14.3. The normalized spacial score (nSPS) is 12.3. The van der Waals surface area contributed by atoms with Crippen LogP contribution in [0.3, 0.4) is 0 Å². The fraction of sp³-hybridized carbons (Fsp3) is 0.462. The Balaban J connectivity index is 2.50. The van der Waals surface area contributed by atoms with E-state index >= 15 is 0 Å². The summed E-state index contributed by atoms with van der Waals surface area (Å²) in [7, 11) is 0. The first-order valence-electron chi connectivity index (χ1n) is 5.96. The molecule has 2 N–H and O–H groups in total. The average molecular weight is 273 g/mol. The molecule has 6 heteroatoms. The molecule has 0 aromatic heterocycles. The maximum atomic E-state index is 12.2. The summed E-state index contributed by atoms with van der Waals surface area (Å²) >= 11 is 0. The van der Waals surface area contributed by atoms with Crippen molar-refractivity contribution in [3.05, 3.63) is 29.8 Å². The van der Waals surface area contributed by atoms with Crippen LogP contribution in [0.15, 0.2) is 24.3 Å². The van der Waals surface area contributed by atoms with Crippen molar-refractivity contribution >= 4 is 5.91 Å². The Morgan fingerprint density at radius 1 is 1.42 bits per heavy atom. The molecule has 0 aliphatic rings. The lowest BCUT2D eigenvalue weighted by Crippen LogP contribution is -2.24. The molecule has 0 aliphatic carbocycles. The van der Waals surface area contributed by atoms with Gasteiger partial charge in [-0.2, -0.15) is 8.78 Å². The number of ether oxygens (including phenoxy) is 1. The van der Waals surface area contributed by atoms with Gasteiger partial charge in [0.05, 0.1) is 6.10 Å². The number of aliphatic hydroxyl groups excluding tert-OH is 1. The quantitative estimate of drug-likeness (QED) is 0.799. The molecule has 4 nitrogen and oxygen atoms in total. The van der Waals surface area contributed by atoms with Crippen LogP contribution >= 0.6 is 0 Å². The van der Waals surface area contributed by atoms with Gasteiger partial charge in [0, 0.05) is 18.5 Å². The highest BCUT2D eigenvalue weighted by molar-refractivity contribution is 5.75. The third-order valence-corrected chi connectivity index (χ3v) is 2.45. The van der Waals surface area contributed by atoms with Crippen molar-refractivity contribution in [1.29, 1.82) is 0 Å². The number of amides is 1. The Labute approximate surface area is 110 Å². The molecule has 0 bridgehead atoms. The highest BCUT2D eigenvalue weighted by atomic mass is 19.3. The molecule has 0 saturated carbocycles. The Morgan fingerprint density at radius 2 is 2.11 bits per heavy atom. The van der Waals surface area contributed by atoms with Crippen molar-refractivity contribution in [1.82, 2.24) is 5.32 Å². The SMILES string of the molecule is CC(O)CCC(=O)NCc1ccccc1OC(F)F. The molecule has 1 amide bonds. The number of hydrogen-bond acceptors (Lipinski definition) is 3. The minimum atomic E-state index is -2.90.